The van der Waals surface area contributed by atoms with Gasteiger partial charge >= 0.3 is 6.01 Å². The highest BCUT2D eigenvalue weighted by Gasteiger charge is 2.40. The SMILES string of the molecule is Cc1cc(C)cc(-c2nnc(NC(=O)C3CCCN3S(=O)(=O)c3ccc(F)cc3)o2)c1. The summed E-state index contributed by atoms with van der Waals surface area (Å²) in [7, 11) is -3.95. The summed E-state index contributed by atoms with van der Waals surface area (Å²) >= 11 is 0. The highest BCUT2D eigenvalue weighted by atomic mass is 32.2. The van der Waals surface area contributed by atoms with E-state index in [0.29, 0.717) is 12.8 Å². The van der Waals surface area contributed by atoms with Crippen LogP contribution in [0, 0.1) is 19.7 Å². The number of benzene rings is 2. The molecule has 1 aromatic heterocycles. The second-order valence-corrected chi connectivity index (χ2v) is 9.40. The molecule has 0 spiro atoms. The summed E-state index contributed by atoms with van der Waals surface area (Å²) in [6, 6.07) is 9.28. The molecule has 2 aromatic carbocycles. The van der Waals surface area contributed by atoms with Gasteiger partial charge in [0.05, 0.1) is 4.90 Å². The number of rotatable bonds is 5. The first kappa shape index (κ1) is 21.1. The van der Waals surface area contributed by atoms with Crippen molar-refractivity contribution < 1.29 is 22.0 Å². The van der Waals surface area contributed by atoms with Crippen LogP contribution in [0.5, 0.6) is 0 Å². The standard InChI is InChI=1S/C21H21FN4O4S/c1-13-10-14(2)12-15(11-13)20-24-25-21(30-20)23-19(27)18-4-3-9-26(18)31(28,29)17-7-5-16(22)6-8-17/h5-8,10-12,18H,3-4,9H2,1-2H3,(H,23,25,27). The van der Waals surface area contributed by atoms with E-state index in [9.17, 15) is 17.6 Å². The van der Waals surface area contributed by atoms with Crippen molar-refractivity contribution in [3.8, 4) is 11.5 Å². The predicted octanol–water partition coefficient (Wildman–Crippen LogP) is 3.28. The van der Waals surface area contributed by atoms with Crippen molar-refractivity contribution in [2.75, 3.05) is 11.9 Å². The molecule has 0 aliphatic carbocycles. The number of aryl methyl sites for hydroxylation is 2. The molecule has 0 bridgehead atoms. The fourth-order valence-electron chi connectivity index (χ4n) is 3.71. The van der Waals surface area contributed by atoms with Gasteiger partial charge in [-0.05, 0) is 63.1 Å². The minimum atomic E-state index is -3.95. The molecular formula is C21H21FN4O4S. The third-order valence-corrected chi connectivity index (χ3v) is 6.97. The topological polar surface area (TPSA) is 105 Å². The first-order valence-corrected chi connectivity index (χ1v) is 11.2. The lowest BCUT2D eigenvalue weighted by atomic mass is 10.1. The highest BCUT2D eigenvalue weighted by molar-refractivity contribution is 7.89. The van der Waals surface area contributed by atoms with Gasteiger partial charge in [0.1, 0.15) is 11.9 Å². The maximum Gasteiger partial charge on any atom is 0.322 e. The first-order valence-electron chi connectivity index (χ1n) is 9.74. The van der Waals surface area contributed by atoms with E-state index < -0.39 is 27.8 Å². The molecule has 0 saturated carbocycles. The molecule has 31 heavy (non-hydrogen) atoms. The maximum atomic E-state index is 13.2. The van der Waals surface area contributed by atoms with Crippen LogP contribution >= 0.6 is 0 Å². The molecule has 1 aliphatic rings. The summed E-state index contributed by atoms with van der Waals surface area (Å²) in [6.45, 7) is 4.09. The van der Waals surface area contributed by atoms with E-state index in [1.54, 1.807) is 0 Å². The number of hydrogen-bond donors (Lipinski definition) is 1. The van der Waals surface area contributed by atoms with Crippen LogP contribution in [0.2, 0.25) is 0 Å². The first-order chi connectivity index (χ1) is 14.7. The lowest BCUT2D eigenvalue weighted by Crippen LogP contribution is -2.43. The van der Waals surface area contributed by atoms with Gasteiger partial charge < -0.3 is 4.42 Å². The summed E-state index contributed by atoms with van der Waals surface area (Å²) in [5.41, 5.74) is 2.80. The van der Waals surface area contributed by atoms with Gasteiger partial charge in [0.15, 0.2) is 0 Å². The average Bonchev–Trinajstić information content (AvgIpc) is 3.37. The zero-order valence-corrected chi connectivity index (χ0v) is 17.8. The fourth-order valence-corrected chi connectivity index (χ4v) is 5.37. The van der Waals surface area contributed by atoms with E-state index in [-0.39, 0.29) is 23.3 Å². The molecule has 1 amide bonds. The Morgan fingerprint density at radius 2 is 1.81 bits per heavy atom. The van der Waals surface area contributed by atoms with Gasteiger partial charge in [-0.2, -0.15) is 4.31 Å². The molecule has 1 unspecified atom stereocenters. The van der Waals surface area contributed by atoms with Crippen LogP contribution in [0.25, 0.3) is 11.5 Å². The van der Waals surface area contributed by atoms with E-state index in [1.165, 1.54) is 12.1 Å². The molecule has 4 rings (SSSR count). The van der Waals surface area contributed by atoms with Gasteiger partial charge in [0.25, 0.3) is 0 Å². The van der Waals surface area contributed by atoms with E-state index in [1.807, 2.05) is 32.0 Å². The van der Waals surface area contributed by atoms with Crippen LogP contribution in [0.15, 0.2) is 51.8 Å². The molecule has 10 heteroatoms. The zero-order valence-electron chi connectivity index (χ0n) is 17.0. The molecule has 3 aromatic rings. The molecule has 0 radical (unpaired) electrons. The lowest BCUT2D eigenvalue weighted by molar-refractivity contribution is -0.119. The number of aromatic nitrogens is 2. The number of sulfonamides is 1. The number of hydrogen-bond acceptors (Lipinski definition) is 6. The minimum Gasteiger partial charge on any atom is -0.403 e. The maximum absolute atomic E-state index is 13.2. The molecule has 1 atom stereocenters. The molecular weight excluding hydrogens is 423 g/mol. The van der Waals surface area contributed by atoms with Crippen LogP contribution in [-0.4, -0.2) is 41.4 Å². The fraction of sp³-hybridized carbons (Fsp3) is 0.286. The van der Waals surface area contributed by atoms with Crippen molar-refractivity contribution >= 4 is 21.9 Å². The normalized spacial score (nSPS) is 17.1. The summed E-state index contributed by atoms with van der Waals surface area (Å²) in [4.78, 5) is 12.7. The molecule has 1 aliphatic heterocycles. The van der Waals surface area contributed by atoms with Gasteiger partial charge in [-0.1, -0.05) is 22.3 Å². The Morgan fingerprint density at radius 3 is 2.48 bits per heavy atom. The molecule has 2 heterocycles. The Balaban J connectivity index is 1.52. The Hall–Kier alpha value is -3.11. The predicted molar refractivity (Wildman–Crippen MR) is 111 cm³/mol. The van der Waals surface area contributed by atoms with E-state index >= 15 is 0 Å². The third-order valence-electron chi connectivity index (χ3n) is 5.05. The van der Waals surface area contributed by atoms with Crippen molar-refractivity contribution in [3.05, 3.63) is 59.4 Å². The third kappa shape index (κ3) is 4.35. The molecule has 1 fully saturated rings. The smallest absolute Gasteiger partial charge is 0.322 e. The monoisotopic (exact) mass is 444 g/mol. The number of nitrogens with one attached hydrogen (secondary N) is 1. The molecule has 162 valence electrons. The number of anilines is 1. The highest BCUT2D eigenvalue weighted by Crippen LogP contribution is 2.28. The number of halogens is 1. The number of nitrogens with zero attached hydrogens (tertiary/aromatic N) is 3. The number of amides is 1. The van der Waals surface area contributed by atoms with Gasteiger partial charge in [0, 0.05) is 12.1 Å². The summed E-state index contributed by atoms with van der Waals surface area (Å²) in [5.74, 6) is -0.839. The van der Waals surface area contributed by atoms with Crippen LogP contribution in [0.3, 0.4) is 0 Å². The molecule has 8 nitrogen and oxygen atoms in total. The molecule has 1 N–H and O–H groups in total. The van der Waals surface area contributed by atoms with Gasteiger partial charge in [-0.3, -0.25) is 10.1 Å². The Kier molecular flexibility index (Phi) is 5.59. The van der Waals surface area contributed by atoms with Crippen molar-refractivity contribution in [1.82, 2.24) is 14.5 Å². The van der Waals surface area contributed by atoms with Crippen molar-refractivity contribution in [2.24, 2.45) is 0 Å². The van der Waals surface area contributed by atoms with Gasteiger partial charge in [0.2, 0.25) is 21.8 Å². The average molecular weight is 444 g/mol. The number of carbonyl (C=O) groups excluding carboxylic acids is 1. The van der Waals surface area contributed by atoms with Crippen molar-refractivity contribution in [3.63, 3.8) is 0 Å². The van der Waals surface area contributed by atoms with Gasteiger partial charge in [-0.15, -0.1) is 5.10 Å². The van der Waals surface area contributed by atoms with Gasteiger partial charge in [-0.25, -0.2) is 12.8 Å². The second-order valence-electron chi connectivity index (χ2n) is 7.51. The quantitative estimate of drug-likeness (QED) is 0.647. The Labute approximate surface area is 179 Å². The van der Waals surface area contributed by atoms with Crippen LogP contribution in [0.1, 0.15) is 24.0 Å². The number of carbonyl (C=O) groups is 1. The summed E-state index contributed by atoms with van der Waals surface area (Å²) in [5, 5.41) is 10.4. The zero-order chi connectivity index (χ0) is 22.2. The van der Waals surface area contributed by atoms with Crippen LogP contribution < -0.4 is 5.32 Å². The summed E-state index contributed by atoms with van der Waals surface area (Å²) in [6.07, 6.45) is 0.875. The van der Waals surface area contributed by atoms with Crippen LogP contribution in [0.4, 0.5) is 10.4 Å². The largest absolute Gasteiger partial charge is 0.403 e. The van der Waals surface area contributed by atoms with Crippen molar-refractivity contribution in [2.45, 2.75) is 37.6 Å². The summed E-state index contributed by atoms with van der Waals surface area (Å²) < 4.78 is 45.7. The van der Waals surface area contributed by atoms with Crippen LogP contribution in [-0.2, 0) is 14.8 Å². The van der Waals surface area contributed by atoms with E-state index in [2.05, 4.69) is 15.5 Å². The van der Waals surface area contributed by atoms with Crippen molar-refractivity contribution in [1.29, 1.82) is 0 Å². The van der Waals surface area contributed by atoms with E-state index in [0.717, 1.165) is 33.1 Å². The lowest BCUT2D eigenvalue weighted by Gasteiger charge is -2.22. The minimum absolute atomic E-state index is 0.0662. The second kappa shape index (κ2) is 8.20. The molecule has 1 saturated heterocycles. The Bertz CT molecular complexity index is 1200. The van der Waals surface area contributed by atoms with E-state index in [4.69, 9.17) is 4.42 Å². The Morgan fingerprint density at radius 1 is 1.13 bits per heavy atom.